The molecule has 108 valence electrons. The van der Waals surface area contributed by atoms with Crippen molar-refractivity contribution in [3.8, 4) is 0 Å². The standard InChI is InChI=1S/C15H22N4O/c1-15(2,3)10-6-8-19(9-7-10)12-5-4-11(16)13-14(12)18-20-17-13/h4-5,10H,6-9,16H2,1-3H3. The molecule has 1 aromatic heterocycles. The summed E-state index contributed by atoms with van der Waals surface area (Å²) in [6, 6.07) is 3.91. The van der Waals surface area contributed by atoms with Gasteiger partial charge in [-0.3, -0.25) is 0 Å². The van der Waals surface area contributed by atoms with E-state index in [0.717, 1.165) is 30.2 Å². The Balaban J connectivity index is 1.84. The number of rotatable bonds is 1. The second kappa shape index (κ2) is 4.65. The molecule has 0 bridgehead atoms. The fourth-order valence-corrected chi connectivity index (χ4v) is 3.11. The van der Waals surface area contributed by atoms with E-state index in [2.05, 4.69) is 36.0 Å². The summed E-state index contributed by atoms with van der Waals surface area (Å²) in [5.74, 6) is 0.776. The SMILES string of the molecule is CC(C)(C)C1CCN(c2ccc(N)c3nonc23)CC1. The number of nitrogens with two attached hydrogens (primary N) is 1. The summed E-state index contributed by atoms with van der Waals surface area (Å²) in [5, 5.41) is 7.90. The van der Waals surface area contributed by atoms with Crippen LogP contribution in [0.25, 0.3) is 11.0 Å². The molecule has 0 spiro atoms. The van der Waals surface area contributed by atoms with Crippen molar-refractivity contribution in [2.75, 3.05) is 23.7 Å². The topological polar surface area (TPSA) is 68.2 Å². The van der Waals surface area contributed by atoms with Crippen LogP contribution in [-0.4, -0.2) is 23.4 Å². The summed E-state index contributed by atoms with van der Waals surface area (Å²) in [7, 11) is 0. The molecule has 0 atom stereocenters. The molecule has 5 heteroatoms. The fourth-order valence-electron chi connectivity index (χ4n) is 3.11. The van der Waals surface area contributed by atoms with Crippen molar-refractivity contribution in [1.29, 1.82) is 0 Å². The molecule has 20 heavy (non-hydrogen) atoms. The maximum absolute atomic E-state index is 5.90. The second-order valence-corrected chi connectivity index (χ2v) is 6.76. The van der Waals surface area contributed by atoms with Crippen LogP contribution >= 0.6 is 0 Å². The van der Waals surface area contributed by atoms with Crippen molar-refractivity contribution in [2.45, 2.75) is 33.6 Å². The van der Waals surface area contributed by atoms with Gasteiger partial charge in [-0.2, -0.15) is 0 Å². The van der Waals surface area contributed by atoms with E-state index in [4.69, 9.17) is 10.4 Å². The molecule has 5 nitrogen and oxygen atoms in total. The first-order valence-electron chi connectivity index (χ1n) is 7.22. The molecular formula is C15H22N4O. The summed E-state index contributed by atoms with van der Waals surface area (Å²) < 4.78 is 4.85. The van der Waals surface area contributed by atoms with Crippen molar-refractivity contribution in [2.24, 2.45) is 11.3 Å². The third-order valence-corrected chi connectivity index (χ3v) is 4.49. The van der Waals surface area contributed by atoms with Crippen molar-refractivity contribution in [3.05, 3.63) is 12.1 Å². The van der Waals surface area contributed by atoms with Gasteiger partial charge in [0.1, 0.15) is 0 Å². The third kappa shape index (κ3) is 2.21. The average molecular weight is 274 g/mol. The summed E-state index contributed by atoms with van der Waals surface area (Å²) in [6.45, 7) is 9.09. The lowest BCUT2D eigenvalue weighted by atomic mass is 9.75. The predicted octanol–water partition coefficient (Wildman–Crippen LogP) is 3.07. The molecular weight excluding hydrogens is 252 g/mol. The van der Waals surface area contributed by atoms with Crippen LogP contribution in [0.5, 0.6) is 0 Å². The van der Waals surface area contributed by atoms with E-state index in [-0.39, 0.29) is 0 Å². The number of fused-ring (bicyclic) bond motifs is 1. The Kier molecular flexibility index (Phi) is 3.07. The van der Waals surface area contributed by atoms with E-state index in [1.54, 1.807) is 0 Å². The highest BCUT2D eigenvalue weighted by molar-refractivity contribution is 5.95. The Labute approximate surface area is 119 Å². The van der Waals surface area contributed by atoms with Gasteiger partial charge in [0.05, 0.1) is 11.4 Å². The molecule has 1 aliphatic rings. The van der Waals surface area contributed by atoms with Crippen molar-refractivity contribution < 1.29 is 4.63 Å². The number of nitrogens with zero attached hydrogens (tertiary/aromatic N) is 3. The van der Waals surface area contributed by atoms with Gasteiger partial charge in [0, 0.05) is 13.1 Å². The lowest BCUT2D eigenvalue weighted by Gasteiger charge is -2.39. The number of hydrogen-bond donors (Lipinski definition) is 1. The largest absolute Gasteiger partial charge is 0.397 e. The summed E-state index contributed by atoms with van der Waals surface area (Å²) >= 11 is 0. The smallest absolute Gasteiger partial charge is 0.160 e. The van der Waals surface area contributed by atoms with Crippen LogP contribution in [0.3, 0.4) is 0 Å². The van der Waals surface area contributed by atoms with E-state index in [1.807, 2.05) is 12.1 Å². The van der Waals surface area contributed by atoms with Crippen LogP contribution in [0.15, 0.2) is 16.8 Å². The normalized spacial score (nSPS) is 17.9. The van der Waals surface area contributed by atoms with E-state index >= 15 is 0 Å². The molecule has 2 N–H and O–H groups in total. The number of anilines is 2. The van der Waals surface area contributed by atoms with Gasteiger partial charge in [-0.25, -0.2) is 4.63 Å². The number of aromatic nitrogens is 2. The van der Waals surface area contributed by atoms with E-state index in [0.29, 0.717) is 16.6 Å². The predicted molar refractivity (Wildman–Crippen MR) is 80.6 cm³/mol. The Morgan fingerprint density at radius 3 is 2.45 bits per heavy atom. The van der Waals surface area contributed by atoms with E-state index in [9.17, 15) is 0 Å². The number of piperidine rings is 1. The monoisotopic (exact) mass is 274 g/mol. The van der Waals surface area contributed by atoms with E-state index in [1.165, 1.54) is 12.8 Å². The van der Waals surface area contributed by atoms with Crippen LogP contribution in [0.2, 0.25) is 0 Å². The van der Waals surface area contributed by atoms with E-state index < -0.39 is 0 Å². The molecule has 2 aromatic rings. The minimum atomic E-state index is 0.387. The Morgan fingerprint density at radius 2 is 1.80 bits per heavy atom. The molecule has 1 aromatic carbocycles. The minimum Gasteiger partial charge on any atom is -0.397 e. The molecule has 1 aliphatic heterocycles. The number of nitrogen functional groups attached to an aromatic ring is 1. The zero-order valence-corrected chi connectivity index (χ0v) is 12.4. The first kappa shape index (κ1) is 13.2. The van der Waals surface area contributed by atoms with Gasteiger partial charge in [0.2, 0.25) is 0 Å². The minimum absolute atomic E-state index is 0.387. The van der Waals surface area contributed by atoms with Gasteiger partial charge in [0.25, 0.3) is 0 Å². The summed E-state index contributed by atoms with van der Waals surface area (Å²) in [4.78, 5) is 2.37. The Bertz CT molecular complexity index is 606. The summed E-state index contributed by atoms with van der Waals surface area (Å²) in [6.07, 6.45) is 2.42. The molecule has 0 aliphatic carbocycles. The molecule has 1 saturated heterocycles. The molecule has 0 radical (unpaired) electrons. The first-order chi connectivity index (χ1) is 9.47. The molecule has 0 saturated carbocycles. The first-order valence-corrected chi connectivity index (χ1v) is 7.22. The van der Waals surface area contributed by atoms with Gasteiger partial charge in [-0.1, -0.05) is 20.8 Å². The zero-order chi connectivity index (χ0) is 14.3. The molecule has 0 amide bonds. The van der Waals surface area contributed by atoms with Gasteiger partial charge >= 0.3 is 0 Å². The number of hydrogen-bond acceptors (Lipinski definition) is 5. The maximum Gasteiger partial charge on any atom is 0.160 e. The fraction of sp³-hybridized carbons (Fsp3) is 0.600. The van der Waals surface area contributed by atoms with Crippen LogP contribution in [0.4, 0.5) is 11.4 Å². The Hall–Kier alpha value is -1.78. The molecule has 2 heterocycles. The van der Waals surface area contributed by atoms with Crippen LogP contribution in [-0.2, 0) is 0 Å². The van der Waals surface area contributed by atoms with Crippen molar-refractivity contribution in [1.82, 2.24) is 10.3 Å². The van der Waals surface area contributed by atoms with Gasteiger partial charge in [-0.05, 0) is 46.6 Å². The summed E-state index contributed by atoms with van der Waals surface area (Å²) in [5.41, 5.74) is 9.43. The third-order valence-electron chi connectivity index (χ3n) is 4.49. The lowest BCUT2D eigenvalue weighted by Crippen LogP contribution is -2.38. The lowest BCUT2D eigenvalue weighted by molar-refractivity contribution is 0.199. The van der Waals surface area contributed by atoms with Crippen LogP contribution in [0, 0.1) is 11.3 Å². The van der Waals surface area contributed by atoms with Crippen LogP contribution in [0.1, 0.15) is 33.6 Å². The molecule has 3 rings (SSSR count). The van der Waals surface area contributed by atoms with Crippen LogP contribution < -0.4 is 10.6 Å². The Morgan fingerprint density at radius 1 is 1.15 bits per heavy atom. The quantitative estimate of drug-likeness (QED) is 0.809. The average Bonchev–Trinajstić information content (AvgIpc) is 2.88. The van der Waals surface area contributed by atoms with Gasteiger partial charge < -0.3 is 10.6 Å². The number of benzene rings is 1. The van der Waals surface area contributed by atoms with Crippen molar-refractivity contribution in [3.63, 3.8) is 0 Å². The van der Waals surface area contributed by atoms with Gasteiger partial charge in [0.15, 0.2) is 11.0 Å². The maximum atomic E-state index is 5.90. The van der Waals surface area contributed by atoms with Crippen molar-refractivity contribution >= 4 is 22.4 Å². The second-order valence-electron chi connectivity index (χ2n) is 6.76. The molecule has 1 fully saturated rings. The van der Waals surface area contributed by atoms with Gasteiger partial charge in [-0.15, -0.1) is 0 Å². The highest BCUT2D eigenvalue weighted by atomic mass is 16.6. The highest BCUT2D eigenvalue weighted by Gasteiger charge is 2.29. The molecule has 0 unspecified atom stereocenters. The highest BCUT2D eigenvalue weighted by Crippen LogP contribution is 2.37. The zero-order valence-electron chi connectivity index (χ0n) is 12.4.